The molecule has 2 aromatic carbocycles. The molecule has 1 aromatic heterocycles. The van der Waals surface area contributed by atoms with Crippen molar-refractivity contribution in [3.05, 3.63) is 81.8 Å². The van der Waals surface area contributed by atoms with Gasteiger partial charge in [0, 0.05) is 43.9 Å². The highest BCUT2D eigenvalue weighted by Gasteiger charge is 2.14. The molecule has 0 aliphatic heterocycles. The first-order valence-corrected chi connectivity index (χ1v) is 9.20. The Hall–Kier alpha value is -3.81. The van der Waals surface area contributed by atoms with Crippen LogP contribution in [0.1, 0.15) is 23.9 Å². The molecule has 1 N–H and O–H groups in total. The number of rotatable bonds is 7. The molecule has 8 nitrogen and oxygen atoms in total. The van der Waals surface area contributed by atoms with E-state index < -0.39 is 4.92 Å². The molecule has 1 heterocycles. The average molecular weight is 391 g/mol. The van der Waals surface area contributed by atoms with Gasteiger partial charge >= 0.3 is 5.82 Å². The maximum Gasteiger partial charge on any atom is 0.318 e. The number of nitro groups is 1. The number of anilines is 1. The Morgan fingerprint density at radius 1 is 1.07 bits per heavy atom. The van der Waals surface area contributed by atoms with Crippen LogP contribution in [0.4, 0.5) is 17.2 Å². The molecule has 0 radical (unpaired) electrons. The predicted molar refractivity (Wildman–Crippen MR) is 114 cm³/mol. The number of aliphatic imine (C=N–C) groups is 1. The molecular formula is C21H23N6O2+. The topological polar surface area (TPSA) is 90.8 Å². The lowest BCUT2D eigenvalue weighted by atomic mass is 10.2. The summed E-state index contributed by atoms with van der Waals surface area (Å²) < 4.78 is 1.73. The molecule has 0 saturated heterocycles. The molecule has 8 heteroatoms. The first kappa shape index (κ1) is 19.9. The number of nitrogens with zero attached hydrogens (tertiary/aromatic N) is 5. The number of nitrogens with one attached hydrogen (secondary N) is 1. The summed E-state index contributed by atoms with van der Waals surface area (Å²) in [5.74, 6) is 1.56. The Morgan fingerprint density at radius 2 is 1.69 bits per heavy atom. The second-order valence-corrected chi connectivity index (χ2v) is 6.60. The Bertz CT molecular complexity index is 1030. The second-order valence-electron chi connectivity index (χ2n) is 6.60. The maximum absolute atomic E-state index is 10.8. The van der Waals surface area contributed by atoms with Gasteiger partial charge in [-0.25, -0.2) is 0 Å². The zero-order valence-electron chi connectivity index (χ0n) is 16.6. The Labute approximate surface area is 169 Å². The van der Waals surface area contributed by atoms with E-state index in [4.69, 9.17) is 0 Å². The lowest BCUT2D eigenvalue weighted by Gasteiger charge is -2.11. The normalized spacial score (nSPS) is 11.4. The van der Waals surface area contributed by atoms with E-state index in [1.54, 1.807) is 35.4 Å². The zero-order valence-corrected chi connectivity index (χ0v) is 16.6. The molecule has 0 unspecified atom stereocenters. The fraction of sp³-hybridized carbons (Fsp3) is 0.190. The molecule has 0 aliphatic rings. The van der Waals surface area contributed by atoms with Gasteiger partial charge in [0.05, 0.1) is 11.1 Å². The van der Waals surface area contributed by atoms with Gasteiger partial charge in [0.15, 0.2) is 0 Å². The van der Waals surface area contributed by atoms with Crippen LogP contribution >= 0.6 is 0 Å². The third kappa shape index (κ3) is 4.92. The molecule has 0 fully saturated rings. The van der Waals surface area contributed by atoms with E-state index in [0.29, 0.717) is 5.82 Å². The van der Waals surface area contributed by atoms with Gasteiger partial charge in [-0.1, -0.05) is 6.92 Å². The van der Waals surface area contributed by atoms with Gasteiger partial charge in [0.1, 0.15) is 12.4 Å². The molecule has 0 aliphatic carbocycles. The van der Waals surface area contributed by atoms with E-state index in [0.717, 1.165) is 29.1 Å². The monoisotopic (exact) mass is 391 g/mol. The van der Waals surface area contributed by atoms with Crippen molar-refractivity contribution in [3.63, 3.8) is 0 Å². The highest BCUT2D eigenvalue weighted by molar-refractivity contribution is 5.82. The molecule has 0 atom stereocenters. The number of hydrogen-bond donors (Lipinski definition) is 1. The van der Waals surface area contributed by atoms with Crippen LogP contribution in [0.5, 0.6) is 0 Å². The van der Waals surface area contributed by atoms with Crippen molar-refractivity contribution in [3.8, 4) is 0 Å². The van der Waals surface area contributed by atoms with Crippen molar-refractivity contribution in [1.82, 2.24) is 4.98 Å². The van der Waals surface area contributed by atoms with Gasteiger partial charge in [-0.2, -0.15) is 0 Å². The van der Waals surface area contributed by atoms with E-state index in [9.17, 15) is 10.1 Å². The molecule has 0 spiro atoms. The fourth-order valence-corrected chi connectivity index (χ4v) is 2.69. The summed E-state index contributed by atoms with van der Waals surface area (Å²) >= 11 is 0. The van der Waals surface area contributed by atoms with Gasteiger partial charge in [-0.05, 0) is 42.0 Å². The third-order valence-electron chi connectivity index (χ3n) is 4.36. The lowest BCUT2D eigenvalue weighted by molar-refractivity contribution is -0.671. The van der Waals surface area contributed by atoms with Crippen LogP contribution in [-0.2, 0) is 6.42 Å². The molecule has 0 saturated carbocycles. The number of non-ortho nitro benzene ring substituents is 1. The van der Waals surface area contributed by atoms with Crippen LogP contribution in [0.15, 0.2) is 64.8 Å². The number of aryl methyl sites for hydroxylation is 1. The van der Waals surface area contributed by atoms with Gasteiger partial charge in [-0.3, -0.25) is 15.1 Å². The van der Waals surface area contributed by atoms with Crippen molar-refractivity contribution < 1.29 is 9.60 Å². The SMILES string of the molecule is CCc1[nH]cc(N=Cc2ccc(N(C)C)cc2)[n+]1N=Cc1ccc([N+](=O)[O-])cc1. The standard InChI is InChI=1S/C21H22N6O2/c1-4-20-23-15-21(22-13-16-5-9-18(10-6-16)25(2)3)26(20)24-14-17-7-11-19(12-8-17)27(28)29/h5-15H,4H2,1-3H3/p+1. The second kappa shape index (κ2) is 8.92. The molecule has 148 valence electrons. The number of aromatic nitrogens is 2. The van der Waals surface area contributed by atoms with Crippen molar-refractivity contribution in [2.24, 2.45) is 10.1 Å². The van der Waals surface area contributed by atoms with Gasteiger partial charge in [0.2, 0.25) is 5.82 Å². The number of benzene rings is 2. The van der Waals surface area contributed by atoms with E-state index in [1.807, 2.05) is 50.2 Å². The number of nitro benzene ring substituents is 1. The zero-order chi connectivity index (χ0) is 20.8. The quantitative estimate of drug-likeness (QED) is 0.289. The number of H-pyrrole nitrogens is 1. The molecule has 29 heavy (non-hydrogen) atoms. The number of imidazole rings is 1. The minimum absolute atomic E-state index is 0.0521. The Kier molecular flexibility index (Phi) is 6.13. The summed E-state index contributed by atoms with van der Waals surface area (Å²) in [5, 5.41) is 15.3. The van der Waals surface area contributed by atoms with Crippen LogP contribution in [0.2, 0.25) is 0 Å². The first-order valence-electron chi connectivity index (χ1n) is 9.20. The predicted octanol–water partition coefficient (Wildman–Crippen LogP) is 3.47. The van der Waals surface area contributed by atoms with Gasteiger partial charge in [-0.15, -0.1) is 14.8 Å². The van der Waals surface area contributed by atoms with Crippen molar-refractivity contribution in [2.45, 2.75) is 13.3 Å². The molecule has 0 amide bonds. The van der Waals surface area contributed by atoms with Crippen LogP contribution < -0.4 is 9.58 Å². The van der Waals surface area contributed by atoms with Gasteiger partial charge in [0.25, 0.3) is 5.69 Å². The summed E-state index contributed by atoms with van der Waals surface area (Å²) in [7, 11) is 4.00. The van der Waals surface area contributed by atoms with E-state index >= 15 is 0 Å². The summed E-state index contributed by atoms with van der Waals surface area (Å²) in [6, 6.07) is 14.3. The lowest BCUT2D eigenvalue weighted by Crippen LogP contribution is -2.31. The smallest absolute Gasteiger partial charge is 0.318 e. The van der Waals surface area contributed by atoms with Crippen molar-refractivity contribution in [1.29, 1.82) is 0 Å². The van der Waals surface area contributed by atoms with Crippen LogP contribution in [0.25, 0.3) is 0 Å². The number of hydrogen-bond acceptors (Lipinski definition) is 5. The van der Waals surface area contributed by atoms with Crippen LogP contribution in [0.3, 0.4) is 0 Å². The highest BCUT2D eigenvalue weighted by Crippen LogP contribution is 2.13. The van der Waals surface area contributed by atoms with Crippen LogP contribution in [0, 0.1) is 10.1 Å². The van der Waals surface area contributed by atoms with Gasteiger partial charge < -0.3 is 4.90 Å². The molecule has 3 rings (SSSR count). The summed E-state index contributed by atoms with van der Waals surface area (Å²) in [6.45, 7) is 2.02. The third-order valence-corrected chi connectivity index (χ3v) is 4.36. The molecule has 3 aromatic rings. The average Bonchev–Trinajstić information content (AvgIpc) is 3.13. The highest BCUT2D eigenvalue weighted by atomic mass is 16.6. The summed E-state index contributed by atoms with van der Waals surface area (Å²) in [5.41, 5.74) is 2.93. The number of aromatic amines is 1. The van der Waals surface area contributed by atoms with E-state index in [-0.39, 0.29) is 5.69 Å². The summed E-state index contributed by atoms with van der Waals surface area (Å²) in [6.07, 6.45) is 6.00. The van der Waals surface area contributed by atoms with E-state index in [1.165, 1.54) is 12.1 Å². The summed E-state index contributed by atoms with van der Waals surface area (Å²) in [4.78, 5) is 20.1. The largest absolute Gasteiger partial charge is 0.378 e. The van der Waals surface area contributed by atoms with Crippen LogP contribution in [-0.4, -0.2) is 36.4 Å². The maximum atomic E-state index is 10.8. The first-order chi connectivity index (χ1) is 14.0. The van der Waals surface area contributed by atoms with Crippen molar-refractivity contribution in [2.75, 3.05) is 19.0 Å². The Morgan fingerprint density at radius 3 is 2.28 bits per heavy atom. The molecule has 0 bridgehead atoms. The van der Waals surface area contributed by atoms with E-state index in [2.05, 4.69) is 15.1 Å². The van der Waals surface area contributed by atoms with Crippen molar-refractivity contribution >= 4 is 29.6 Å². The molecular weight excluding hydrogens is 368 g/mol. The minimum atomic E-state index is -0.422. The fourth-order valence-electron chi connectivity index (χ4n) is 2.69. The Balaban J connectivity index is 1.82. The minimum Gasteiger partial charge on any atom is -0.378 e.